The minimum Gasteiger partial charge on any atom is -0.491 e. The van der Waals surface area contributed by atoms with Gasteiger partial charge in [-0.05, 0) is 54.4 Å². The molecule has 0 aliphatic heterocycles. The molecule has 5 aromatic rings. The number of aromatic nitrogens is 4. The Kier molecular flexibility index (Phi) is 7.19. The number of ether oxygens (including phenoxy) is 3. The summed E-state index contributed by atoms with van der Waals surface area (Å²) >= 11 is 0. The van der Waals surface area contributed by atoms with Gasteiger partial charge in [0.15, 0.2) is 28.8 Å². The highest BCUT2D eigenvalue weighted by Crippen LogP contribution is 2.34. The summed E-state index contributed by atoms with van der Waals surface area (Å²) in [5.41, 5.74) is 1.17. The van der Waals surface area contributed by atoms with E-state index >= 15 is 4.39 Å². The van der Waals surface area contributed by atoms with Crippen molar-refractivity contribution in [1.29, 1.82) is 0 Å². The van der Waals surface area contributed by atoms with Crippen LogP contribution in [0.15, 0.2) is 71.8 Å². The summed E-state index contributed by atoms with van der Waals surface area (Å²) in [7, 11) is 2.92. The van der Waals surface area contributed by atoms with E-state index in [2.05, 4.69) is 15.1 Å². The van der Waals surface area contributed by atoms with Gasteiger partial charge < -0.3 is 14.2 Å². The third-order valence-electron chi connectivity index (χ3n) is 6.14. The summed E-state index contributed by atoms with van der Waals surface area (Å²) in [6.45, 7) is 1.63. The summed E-state index contributed by atoms with van der Waals surface area (Å²) in [6, 6.07) is 12.4. The van der Waals surface area contributed by atoms with Crippen LogP contribution in [0.25, 0.3) is 16.7 Å². The Hall–Kier alpha value is -5.19. The quantitative estimate of drug-likeness (QED) is 0.252. The minimum atomic E-state index is -0.718. The van der Waals surface area contributed by atoms with E-state index in [1.807, 2.05) is 0 Å². The average molecular weight is 545 g/mol. The Labute approximate surface area is 226 Å². The SMILES string of the molecule is COc1cc2nccc(Oc3ccc(CC(=O)c4ccnn(-c5ccc(F)cc5C)c4=O)cc3F)c2nc1OC. The van der Waals surface area contributed by atoms with Crippen LogP contribution in [-0.2, 0) is 6.42 Å². The first-order valence-corrected chi connectivity index (χ1v) is 12.0. The van der Waals surface area contributed by atoms with Crippen LogP contribution in [0.4, 0.5) is 8.78 Å². The molecular weight excluding hydrogens is 522 g/mol. The van der Waals surface area contributed by atoms with Gasteiger partial charge in [0, 0.05) is 30.9 Å². The number of carbonyl (C=O) groups excluding carboxylic acids is 1. The summed E-state index contributed by atoms with van der Waals surface area (Å²) < 4.78 is 45.9. The van der Waals surface area contributed by atoms with Crippen molar-refractivity contribution < 1.29 is 27.8 Å². The predicted molar refractivity (Wildman–Crippen MR) is 142 cm³/mol. The highest BCUT2D eigenvalue weighted by molar-refractivity contribution is 5.97. The molecule has 9 nitrogen and oxygen atoms in total. The van der Waals surface area contributed by atoms with Gasteiger partial charge in [-0.25, -0.2) is 13.8 Å². The Morgan fingerprint density at radius 2 is 1.75 bits per heavy atom. The van der Waals surface area contributed by atoms with Crippen LogP contribution in [0, 0.1) is 18.6 Å². The van der Waals surface area contributed by atoms with E-state index in [4.69, 9.17) is 14.2 Å². The molecule has 40 heavy (non-hydrogen) atoms. The normalized spacial score (nSPS) is 10.9. The van der Waals surface area contributed by atoms with Crippen LogP contribution in [-0.4, -0.2) is 39.8 Å². The van der Waals surface area contributed by atoms with Crippen molar-refractivity contribution in [2.45, 2.75) is 13.3 Å². The second-order valence-electron chi connectivity index (χ2n) is 8.74. The Bertz CT molecular complexity index is 1820. The zero-order valence-electron chi connectivity index (χ0n) is 21.6. The zero-order valence-corrected chi connectivity index (χ0v) is 21.6. The van der Waals surface area contributed by atoms with E-state index in [0.29, 0.717) is 33.6 Å². The van der Waals surface area contributed by atoms with Crippen molar-refractivity contribution in [3.63, 3.8) is 0 Å². The first-order valence-electron chi connectivity index (χ1n) is 12.0. The molecule has 0 aliphatic rings. The third kappa shape index (κ3) is 5.08. The maximum absolute atomic E-state index is 15.1. The fourth-order valence-electron chi connectivity index (χ4n) is 4.18. The highest BCUT2D eigenvalue weighted by atomic mass is 19.1. The fourth-order valence-corrected chi connectivity index (χ4v) is 4.18. The number of benzene rings is 2. The lowest BCUT2D eigenvalue weighted by atomic mass is 10.0. The van der Waals surface area contributed by atoms with Crippen LogP contribution >= 0.6 is 0 Å². The lowest BCUT2D eigenvalue weighted by molar-refractivity contribution is 0.0991. The maximum Gasteiger partial charge on any atom is 0.282 e. The number of hydrogen-bond acceptors (Lipinski definition) is 8. The molecule has 0 atom stereocenters. The second-order valence-corrected chi connectivity index (χ2v) is 8.74. The molecule has 0 unspecified atom stereocenters. The van der Waals surface area contributed by atoms with Gasteiger partial charge >= 0.3 is 0 Å². The first-order chi connectivity index (χ1) is 19.3. The van der Waals surface area contributed by atoms with Crippen molar-refractivity contribution in [3.05, 3.63) is 106 Å². The molecule has 5 rings (SSSR count). The Morgan fingerprint density at radius 3 is 2.48 bits per heavy atom. The fraction of sp³-hybridized carbons (Fsp3) is 0.138. The van der Waals surface area contributed by atoms with Gasteiger partial charge in [0.05, 0.1) is 31.0 Å². The smallest absolute Gasteiger partial charge is 0.282 e. The molecular formula is C29H22F2N4O5. The van der Waals surface area contributed by atoms with E-state index in [9.17, 15) is 14.0 Å². The van der Waals surface area contributed by atoms with Gasteiger partial charge in [0.1, 0.15) is 11.3 Å². The lowest BCUT2D eigenvalue weighted by Gasteiger charge is -2.12. The van der Waals surface area contributed by atoms with Crippen LogP contribution in [0.2, 0.25) is 0 Å². The van der Waals surface area contributed by atoms with Gasteiger partial charge in [-0.15, -0.1) is 0 Å². The van der Waals surface area contributed by atoms with Gasteiger partial charge in [0.2, 0.25) is 0 Å². The molecule has 0 aliphatic carbocycles. The van der Waals surface area contributed by atoms with Crippen molar-refractivity contribution in [3.8, 4) is 28.8 Å². The molecule has 0 spiro atoms. The Balaban J connectivity index is 1.39. The van der Waals surface area contributed by atoms with Gasteiger partial charge in [0.25, 0.3) is 11.4 Å². The minimum absolute atomic E-state index is 0.0988. The van der Waals surface area contributed by atoms with Crippen molar-refractivity contribution in [1.82, 2.24) is 19.7 Å². The van der Waals surface area contributed by atoms with Crippen LogP contribution < -0.4 is 19.8 Å². The van der Waals surface area contributed by atoms with E-state index in [1.165, 1.54) is 69.1 Å². The molecule has 0 saturated heterocycles. The van der Waals surface area contributed by atoms with E-state index in [1.54, 1.807) is 13.0 Å². The first kappa shape index (κ1) is 26.4. The largest absolute Gasteiger partial charge is 0.491 e. The maximum atomic E-state index is 15.1. The molecule has 11 heteroatoms. The number of Topliss-reactive ketones (excluding diaryl/α,β-unsaturated/α-hetero) is 1. The zero-order chi connectivity index (χ0) is 28.4. The van der Waals surface area contributed by atoms with Gasteiger partial charge in [-0.2, -0.15) is 9.78 Å². The van der Waals surface area contributed by atoms with Crippen molar-refractivity contribution in [2.24, 2.45) is 0 Å². The van der Waals surface area contributed by atoms with E-state index in [-0.39, 0.29) is 29.4 Å². The topological polar surface area (TPSA) is 105 Å². The number of methoxy groups -OCH3 is 2. The van der Waals surface area contributed by atoms with E-state index < -0.39 is 23.0 Å². The molecule has 2 aromatic carbocycles. The molecule has 3 heterocycles. The average Bonchev–Trinajstić information content (AvgIpc) is 2.94. The molecule has 0 fully saturated rings. The van der Waals surface area contributed by atoms with Crippen molar-refractivity contribution in [2.75, 3.05) is 14.2 Å². The van der Waals surface area contributed by atoms with Crippen LogP contribution in [0.1, 0.15) is 21.5 Å². The number of aryl methyl sites for hydroxylation is 1. The van der Waals surface area contributed by atoms with Gasteiger partial charge in [-0.1, -0.05) is 6.07 Å². The summed E-state index contributed by atoms with van der Waals surface area (Å²) in [4.78, 5) is 34.7. The molecule has 0 amide bonds. The summed E-state index contributed by atoms with van der Waals surface area (Å²) in [5.74, 6) is -0.963. The standard InChI is InChI=1S/C29H22F2N4O5/c1-16-12-18(30)5-6-22(16)35-29(37)19(8-11-33-35)23(36)14-17-4-7-24(20(31)13-17)40-25-9-10-32-21-15-26(38-2)28(39-3)34-27(21)25/h4-13,15H,14H2,1-3H3. The number of pyridine rings is 2. The number of fused-ring (bicyclic) bond motifs is 1. The third-order valence-corrected chi connectivity index (χ3v) is 6.14. The molecule has 0 N–H and O–H groups in total. The van der Waals surface area contributed by atoms with Crippen LogP contribution in [0.3, 0.4) is 0 Å². The number of nitrogens with zero attached hydrogens (tertiary/aromatic N) is 4. The number of ketones is 1. The van der Waals surface area contributed by atoms with Crippen LogP contribution in [0.5, 0.6) is 23.1 Å². The molecule has 0 bridgehead atoms. The monoisotopic (exact) mass is 544 g/mol. The number of rotatable bonds is 8. The Morgan fingerprint density at radius 1 is 0.925 bits per heavy atom. The van der Waals surface area contributed by atoms with Gasteiger partial charge in [-0.3, -0.25) is 14.6 Å². The number of hydrogen-bond donors (Lipinski definition) is 0. The number of halogens is 2. The number of carbonyl (C=O) groups is 1. The molecule has 3 aromatic heterocycles. The van der Waals surface area contributed by atoms with E-state index in [0.717, 1.165) is 10.7 Å². The highest BCUT2D eigenvalue weighted by Gasteiger charge is 2.18. The second kappa shape index (κ2) is 10.9. The molecule has 0 radical (unpaired) electrons. The summed E-state index contributed by atoms with van der Waals surface area (Å²) in [6.07, 6.45) is 2.56. The predicted octanol–water partition coefficient (Wildman–Crippen LogP) is 5.00. The summed E-state index contributed by atoms with van der Waals surface area (Å²) in [5, 5.41) is 4.03. The lowest BCUT2D eigenvalue weighted by Crippen LogP contribution is -2.28. The van der Waals surface area contributed by atoms with Crippen molar-refractivity contribution >= 4 is 16.8 Å². The molecule has 202 valence electrons. The molecule has 0 saturated carbocycles.